The zero-order valence-corrected chi connectivity index (χ0v) is 28.1. The van der Waals surface area contributed by atoms with Crippen molar-refractivity contribution in [1.29, 1.82) is 0 Å². The molecule has 18 nitrogen and oxygen atoms in total. The minimum atomic E-state index is -1.60. The Morgan fingerprint density at radius 3 is 2.00 bits per heavy atom. The molecular weight excluding hydrogens is 701 g/mol. The number of nitrogens with one attached hydrogen (secondary N) is 4. The highest BCUT2D eigenvalue weighted by Crippen LogP contribution is 2.26. The van der Waals surface area contributed by atoms with Crippen molar-refractivity contribution >= 4 is 65.3 Å². The van der Waals surface area contributed by atoms with E-state index in [4.69, 9.17) is 10.2 Å². The van der Waals surface area contributed by atoms with Gasteiger partial charge in [0.25, 0.3) is 5.91 Å². The topological polar surface area (TPSA) is 286 Å². The standard InChI is InChI=1S/C31H40FN5O13S/c32-18-9-7-17(8-10-18)26(42)33-13-3-1-6-23(38)34-19(28(44)45)5-2-4-14-37-24(39)15-22(27(37)43)51-16-21(30(48)49)36-31(50)35-20(29(46)47)11-12-25(40)41/h7-10,19-22H,1-6,11-16H2,(H,33,42)(H,34,38)(H,40,41)(H,44,45)(H,46,47)(H,48,49)(H2,35,36,50). The summed E-state index contributed by atoms with van der Waals surface area (Å²) in [5.74, 6) is -8.47. The molecule has 1 aromatic carbocycles. The van der Waals surface area contributed by atoms with Crippen LogP contribution in [0.4, 0.5) is 9.18 Å². The Hall–Kier alpha value is -5.27. The van der Waals surface area contributed by atoms with Crippen LogP contribution in [0.15, 0.2) is 24.3 Å². The van der Waals surface area contributed by atoms with Gasteiger partial charge in [-0.2, -0.15) is 0 Å². The molecule has 1 heterocycles. The summed E-state index contributed by atoms with van der Waals surface area (Å²) in [6.45, 7) is 0.203. The number of nitrogens with zero attached hydrogens (tertiary/aromatic N) is 1. The molecule has 0 aromatic heterocycles. The predicted molar refractivity (Wildman–Crippen MR) is 175 cm³/mol. The number of unbranched alkanes of at least 4 members (excludes halogenated alkanes) is 2. The van der Waals surface area contributed by atoms with Gasteiger partial charge in [-0.05, 0) is 62.8 Å². The fourth-order valence-corrected chi connectivity index (χ4v) is 5.93. The third-order valence-corrected chi connectivity index (χ3v) is 8.80. The van der Waals surface area contributed by atoms with E-state index in [0.717, 1.165) is 28.8 Å². The van der Waals surface area contributed by atoms with E-state index in [0.29, 0.717) is 12.8 Å². The van der Waals surface area contributed by atoms with Crippen LogP contribution in [0.5, 0.6) is 0 Å². The molecule has 4 unspecified atom stereocenters. The van der Waals surface area contributed by atoms with E-state index in [1.165, 1.54) is 12.1 Å². The summed E-state index contributed by atoms with van der Waals surface area (Å²) in [7, 11) is 0. The smallest absolute Gasteiger partial charge is 0.327 e. The van der Waals surface area contributed by atoms with Crippen LogP contribution in [0.2, 0.25) is 0 Å². The number of rotatable bonds is 23. The van der Waals surface area contributed by atoms with E-state index >= 15 is 0 Å². The lowest BCUT2D eigenvalue weighted by atomic mass is 10.1. The van der Waals surface area contributed by atoms with Crippen LogP contribution in [0.1, 0.15) is 68.1 Å². The average molecular weight is 742 g/mol. The Bertz CT molecular complexity index is 1460. The zero-order chi connectivity index (χ0) is 38.1. The van der Waals surface area contributed by atoms with Crippen molar-refractivity contribution in [3.8, 4) is 0 Å². The van der Waals surface area contributed by atoms with Crippen molar-refractivity contribution in [2.24, 2.45) is 0 Å². The number of hydrogen-bond donors (Lipinski definition) is 8. The van der Waals surface area contributed by atoms with E-state index < -0.39 is 95.6 Å². The van der Waals surface area contributed by atoms with Gasteiger partial charge in [0, 0.05) is 43.7 Å². The summed E-state index contributed by atoms with van der Waals surface area (Å²) < 4.78 is 13.0. The average Bonchev–Trinajstić information content (AvgIpc) is 3.33. The number of likely N-dealkylation sites (tertiary alicyclic amines) is 1. The van der Waals surface area contributed by atoms with Gasteiger partial charge in [0.1, 0.15) is 23.9 Å². The van der Waals surface area contributed by atoms with E-state index in [9.17, 15) is 57.8 Å². The molecule has 51 heavy (non-hydrogen) atoms. The molecule has 0 saturated carbocycles. The molecule has 0 bridgehead atoms. The molecule has 2 rings (SSSR count). The fourth-order valence-electron chi connectivity index (χ4n) is 4.75. The number of thioether (sulfide) groups is 1. The van der Waals surface area contributed by atoms with Crippen LogP contribution >= 0.6 is 11.8 Å². The largest absolute Gasteiger partial charge is 0.481 e. The first-order valence-corrected chi connectivity index (χ1v) is 16.9. The van der Waals surface area contributed by atoms with Gasteiger partial charge in [-0.1, -0.05) is 0 Å². The number of hydrogen-bond acceptors (Lipinski definition) is 10. The highest BCUT2D eigenvalue weighted by molar-refractivity contribution is 8.00. The molecule has 6 amide bonds. The van der Waals surface area contributed by atoms with Crippen molar-refractivity contribution in [2.75, 3.05) is 18.8 Å². The van der Waals surface area contributed by atoms with E-state index in [2.05, 4.69) is 16.0 Å². The maximum Gasteiger partial charge on any atom is 0.327 e. The van der Waals surface area contributed by atoms with Crippen LogP contribution < -0.4 is 21.3 Å². The van der Waals surface area contributed by atoms with Gasteiger partial charge < -0.3 is 41.7 Å². The summed E-state index contributed by atoms with van der Waals surface area (Å²) >= 11 is 0.795. The van der Waals surface area contributed by atoms with Gasteiger partial charge in [0.15, 0.2) is 0 Å². The Labute approximate surface area is 294 Å². The highest BCUT2D eigenvalue weighted by Gasteiger charge is 2.39. The maximum absolute atomic E-state index is 13.0. The van der Waals surface area contributed by atoms with Crippen molar-refractivity contribution in [3.63, 3.8) is 0 Å². The first kappa shape index (κ1) is 41.9. The number of carbonyl (C=O) groups is 9. The van der Waals surface area contributed by atoms with Gasteiger partial charge in [-0.25, -0.2) is 23.6 Å². The predicted octanol–water partition coefficient (Wildman–Crippen LogP) is 0.397. The van der Waals surface area contributed by atoms with Crippen LogP contribution in [0.3, 0.4) is 0 Å². The molecule has 280 valence electrons. The normalized spacial score (nSPS) is 15.7. The molecule has 1 fully saturated rings. The van der Waals surface area contributed by atoms with Crippen molar-refractivity contribution < 1.29 is 68.0 Å². The SMILES string of the molecule is O=C(O)CCC(NC(=O)NC(CSC1CC(=O)N(CCCCC(NC(=O)CCCCNC(=O)c2ccc(F)cc2)C(=O)O)C1=O)C(=O)O)C(=O)O. The lowest BCUT2D eigenvalue weighted by Gasteiger charge is -2.19. The molecule has 1 aromatic rings. The molecule has 8 N–H and O–H groups in total. The van der Waals surface area contributed by atoms with E-state index in [1.807, 2.05) is 5.32 Å². The summed E-state index contributed by atoms with van der Waals surface area (Å²) in [4.78, 5) is 108. The first-order valence-electron chi connectivity index (χ1n) is 15.8. The number of carboxylic acids is 4. The van der Waals surface area contributed by atoms with Gasteiger partial charge >= 0.3 is 29.9 Å². The Morgan fingerprint density at radius 1 is 0.784 bits per heavy atom. The summed E-state index contributed by atoms with van der Waals surface area (Å²) in [5.41, 5.74) is 0.282. The molecule has 0 radical (unpaired) electrons. The minimum Gasteiger partial charge on any atom is -0.481 e. The lowest BCUT2D eigenvalue weighted by Crippen LogP contribution is -2.52. The van der Waals surface area contributed by atoms with Crippen LogP contribution in [0.25, 0.3) is 0 Å². The number of imide groups is 1. The summed E-state index contributed by atoms with van der Waals surface area (Å²) in [5, 5.41) is 45.1. The molecule has 0 spiro atoms. The van der Waals surface area contributed by atoms with Crippen molar-refractivity contribution in [3.05, 3.63) is 35.6 Å². The molecule has 4 atom stereocenters. The lowest BCUT2D eigenvalue weighted by molar-refractivity contribution is -0.142. The van der Waals surface area contributed by atoms with Gasteiger partial charge in [0.2, 0.25) is 17.7 Å². The van der Waals surface area contributed by atoms with Crippen molar-refractivity contribution in [2.45, 2.75) is 81.2 Å². The number of carboxylic acid groups (broad SMARTS) is 4. The van der Waals surface area contributed by atoms with Crippen LogP contribution in [-0.2, 0) is 33.6 Å². The Morgan fingerprint density at radius 2 is 1.39 bits per heavy atom. The second-order valence-corrected chi connectivity index (χ2v) is 12.7. The maximum atomic E-state index is 13.0. The molecule has 1 saturated heterocycles. The highest BCUT2D eigenvalue weighted by atomic mass is 32.2. The number of benzene rings is 1. The molecule has 1 aliphatic heterocycles. The van der Waals surface area contributed by atoms with Crippen LogP contribution in [0, 0.1) is 5.82 Å². The third-order valence-electron chi connectivity index (χ3n) is 7.50. The first-order chi connectivity index (χ1) is 24.1. The summed E-state index contributed by atoms with van der Waals surface area (Å²) in [6, 6.07) is -0.589. The zero-order valence-electron chi connectivity index (χ0n) is 27.3. The molecule has 0 aliphatic carbocycles. The number of aliphatic carboxylic acids is 4. The third kappa shape index (κ3) is 15.0. The number of urea groups is 1. The summed E-state index contributed by atoms with van der Waals surface area (Å²) in [6.07, 6.45) is -0.00888. The Kier molecular flexibility index (Phi) is 17.3. The van der Waals surface area contributed by atoms with Gasteiger partial charge in [-0.3, -0.25) is 28.9 Å². The number of amides is 6. The number of halogens is 1. The monoisotopic (exact) mass is 741 g/mol. The van der Waals surface area contributed by atoms with Gasteiger partial charge in [-0.15, -0.1) is 11.8 Å². The quantitative estimate of drug-likeness (QED) is 0.0557. The second kappa shape index (κ2) is 21.1. The molecule has 1 aliphatic rings. The fraction of sp³-hybridized carbons (Fsp3) is 0.516. The minimum absolute atomic E-state index is 0.00457. The van der Waals surface area contributed by atoms with Crippen molar-refractivity contribution in [1.82, 2.24) is 26.2 Å². The van der Waals surface area contributed by atoms with E-state index in [-0.39, 0.29) is 56.5 Å². The van der Waals surface area contributed by atoms with E-state index in [1.54, 1.807) is 0 Å². The van der Waals surface area contributed by atoms with Crippen LogP contribution in [-0.4, -0.2) is 121 Å². The second-order valence-electron chi connectivity index (χ2n) is 11.4. The molecule has 20 heteroatoms. The van der Waals surface area contributed by atoms with Gasteiger partial charge in [0.05, 0.1) is 5.25 Å². The Balaban J connectivity index is 1.73. The molecular formula is C31H40FN5O13S. The number of carbonyl (C=O) groups excluding carboxylic acids is 5.